The normalized spacial score (nSPS) is 18.7. The van der Waals surface area contributed by atoms with Crippen LogP contribution in [0.25, 0.3) is 0 Å². The molecule has 0 bridgehead atoms. The molecule has 0 N–H and O–H groups in total. The summed E-state index contributed by atoms with van der Waals surface area (Å²) in [4.78, 5) is 8.70. The van der Waals surface area contributed by atoms with E-state index in [1.165, 1.54) is 6.07 Å². The van der Waals surface area contributed by atoms with E-state index in [2.05, 4.69) is 35.6 Å². The third kappa shape index (κ3) is 4.25. The smallest absolute Gasteiger partial charge is 0.212 e. The van der Waals surface area contributed by atoms with Gasteiger partial charge < -0.3 is 4.90 Å². The van der Waals surface area contributed by atoms with Crippen LogP contribution in [-0.4, -0.2) is 53.0 Å². The van der Waals surface area contributed by atoms with E-state index in [0.717, 1.165) is 44.7 Å². The Morgan fingerprint density at radius 3 is 2.37 bits per heavy atom. The van der Waals surface area contributed by atoms with Gasteiger partial charge in [-0.25, -0.2) is 4.98 Å². The van der Waals surface area contributed by atoms with Gasteiger partial charge in [0.1, 0.15) is 0 Å². The first-order chi connectivity index (χ1) is 8.95. The molecule has 1 aliphatic rings. The van der Waals surface area contributed by atoms with Crippen molar-refractivity contribution in [3.63, 3.8) is 0 Å². The standard InChI is InChI=1S/C15H24FN3/c1-15(2,3)19-10-8-18(9-11-19)7-6-13-4-5-14(16)17-12-13/h4-5,12H,6-11H2,1-3H3. The second-order valence-corrected chi connectivity index (χ2v) is 6.24. The Labute approximate surface area is 115 Å². The van der Waals surface area contributed by atoms with E-state index in [-0.39, 0.29) is 5.54 Å². The SMILES string of the molecule is CC(C)(C)N1CCN(CCc2ccc(F)nc2)CC1. The molecule has 0 spiro atoms. The number of halogens is 1. The van der Waals surface area contributed by atoms with Crippen molar-refractivity contribution in [2.24, 2.45) is 0 Å². The number of aromatic nitrogens is 1. The van der Waals surface area contributed by atoms with Crippen LogP contribution in [0, 0.1) is 5.95 Å². The molecule has 0 unspecified atom stereocenters. The van der Waals surface area contributed by atoms with Crippen LogP contribution in [0.15, 0.2) is 18.3 Å². The van der Waals surface area contributed by atoms with Gasteiger partial charge in [-0.1, -0.05) is 6.07 Å². The average Bonchev–Trinajstić information content (AvgIpc) is 2.37. The summed E-state index contributed by atoms with van der Waals surface area (Å²) in [5.74, 6) is -0.400. The number of piperazine rings is 1. The highest BCUT2D eigenvalue weighted by Crippen LogP contribution is 2.15. The first-order valence-electron chi connectivity index (χ1n) is 7.03. The molecule has 0 saturated carbocycles. The second-order valence-electron chi connectivity index (χ2n) is 6.24. The van der Waals surface area contributed by atoms with Crippen LogP contribution >= 0.6 is 0 Å². The van der Waals surface area contributed by atoms with Crippen LogP contribution in [0.2, 0.25) is 0 Å². The summed E-state index contributed by atoms with van der Waals surface area (Å²) in [5, 5.41) is 0. The molecule has 106 valence electrons. The fraction of sp³-hybridized carbons (Fsp3) is 0.667. The molecule has 1 aromatic rings. The maximum absolute atomic E-state index is 12.7. The van der Waals surface area contributed by atoms with Gasteiger partial charge in [-0.2, -0.15) is 4.39 Å². The summed E-state index contributed by atoms with van der Waals surface area (Å²) in [6.45, 7) is 12.3. The monoisotopic (exact) mass is 265 g/mol. The summed E-state index contributed by atoms with van der Waals surface area (Å²) in [6.07, 6.45) is 2.59. The molecule has 19 heavy (non-hydrogen) atoms. The predicted octanol–water partition coefficient (Wildman–Crippen LogP) is 2.18. The zero-order valence-corrected chi connectivity index (χ0v) is 12.2. The molecule has 0 amide bonds. The van der Waals surface area contributed by atoms with Gasteiger partial charge >= 0.3 is 0 Å². The number of hydrogen-bond donors (Lipinski definition) is 0. The van der Waals surface area contributed by atoms with E-state index in [9.17, 15) is 4.39 Å². The lowest BCUT2D eigenvalue weighted by Gasteiger charge is -2.42. The van der Waals surface area contributed by atoms with Crippen molar-refractivity contribution in [2.45, 2.75) is 32.7 Å². The molecule has 0 atom stereocenters. The van der Waals surface area contributed by atoms with E-state index in [0.29, 0.717) is 0 Å². The van der Waals surface area contributed by atoms with Crippen molar-refractivity contribution in [1.29, 1.82) is 0 Å². The van der Waals surface area contributed by atoms with Crippen molar-refractivity contribution in [3.05, 3.63) is 29.8 Å². The zero-order valence-electron chi connectivity index (χ0n) is 12.2. The number of pyridine rings is 1. The Kier molecular flexibility index (Phi) is 4.53. The first kappa shape index (κ1) is 14.4. The molecule has 3 nitrogen and oxygen atoms in total. The summed E-state index contributed by atoms with van der Waals surface area (Å²) in [5.41, 5.74) is 1.38. The highest BCUT2D eigenvalue weighted by atomic mass is 19.1. The number of nitrogens with zero attached hydrogens (tertiary/aromatic N) is 3. The number of rotatable bonds is 3. The molecule has 1 aliphatic heterocycles. The molecule has 1 aromatic heterocycles. The first-order valence-corrected chi connectivity index (χ1v) is 7.03. The molecule has 1 saturated heterocycles. The summed E-state index contributed by atoms with van der Waals surface area (Å²) in [7, 11) is 0. The van der Waals surface area contributed by atoms with E-state index >= 15 is 0 Å². The quantitative estimate of drug-likeness (QED) is 0.781. The molecule has 2 heterocycles. The van der Waals surface area contributed by atoms with Gasteiger partial charge in [0.05, 0.1) is 0 Å². The molecule has 4 heteroatoms. The van der Waals surface area contributed by atoms with E-state index < -0.39 is 5.95 Å². The van der Waals surface area contributed by atoms with Crippen LogP contribution < -0.4 is 0 Å². The summed E-state index contributed by atoms with van der Waals surface area (Å²) >= 11 is 0. The maximum atomic E-state index is 12.7. The molecular weight excluding hydrogens is 241 g/mol. The molecule has 0 radical (unpaired) electrons. The largest absolute Gasteiger partial charge is 0.300 e. The molecule has 1 fully saturated rings. The van der Waals surface area contributed by atoms with Crippen molar-refractivity contribution in [3.8, 4) is 0 Å². The Morgan fingerprint density at radius 2 is 1.84 bits per heavy atom. The summed E-state index contributed by atoms with van der Waals surface area (Å²) in [6, 6.07) is 3.26. The minimum atomic E-state index is -0.400. The highest BCUT2D eigenvalue weighted by Gasteiger charge is 2.25. The molecular formula is C15H24FN3. The van der Waals surface area contributed by atoms with Crippen molar-refractivity contribution in [2.75, 3.05) is 32.7 Å². The van der Waals surface area contributed by atoms with Crippen molar-refractivity contribution < 1.29 is 4.39 Å². The van der Waals surface area contributed by atoms with Crippen molar-refractivity contribution in [1.82, 2.24) is 14.8 Å². The second kappa shape index (κ2) is 5.97. The molecule has 0 aromatic carbocycles. The summed E-state index contributed by atoms with van der Waals surface area (Å²) < 4.78 is 12.7. The van der Waals surface area contributed by atoms with Crippen LogP contribution in [-0.2, 0) is 6.42 Å². The van der Waals surface area contributed by atoms with Gasteiger partial charge in [0.15, 0.2) is 0 Å². The average molecular weight is 265 g/mol. The lowest BCUT2D eigenvalue weighted by atomic mass is 10.0. The van der Waals surface area contributed by atoms with Gasteiger partial charge in [-0.05, 0) is 38.8 Å². The minimum Gasteiger partial charge on any atom is -0.300 e. The van der Waals surface area contributed by atoms with Gasteiger partial charge in [0, 0.05) is 44.5 Å². The Morgan fingerprint density at radius 1 is 1.16 bits per heavy atom. The predicted molar refractivity (Wildman–Crippen MR) is 75.7 cm³/mol. The third-order valence-corrected chi connectivity index (χ3v) is 3.83. The third-order valence-electron chi connectivity index (χ3n) is 3.83. The van der Waals surface area contributed by atoms with Crippen molar-refractivity contribution >= 4 is 0 Å². The fourth-order valence-electron chi connectivity index (χ4n) is 2.48. The minimum absolute atomic E-state index is 0.271. The topological polar surface area (TPSA) is 19.4 Å². The highest BCUT2D eigenvalue weighted by molar-refractivity contribution is 5.09. The van der Waals surface area contributed by atoms with E-state index in [4.69, 9.17) is 0 Å². The Balaban J connectivity index is 1.75. The van der Waals surface area contributed by atoms with Crippen LogP contribution in [0.5, 0.6) is 0 Å². The van der Waals surface area contributed by atoms with E-state index in [1.54, 1.807) is 6.20 Å². The van der Waals surface area contributed by atoms with Gasteiger partial charge in [0.25, 0.3) is 0 Å². The van der Waals surface area contributed by atoms with Gasteiger partial charge in [-0.15, -0.1) is 0 Å². The molecule has 0 aliphatic carbocycles. The lowest BCUT2D eigenvalue weighted by molar-refractivity contribution is 0.0629. The molecule has 2 rings (SSSR count). The van der Waals surface area contributed by atoms with Crippen LogP contribution in [0.3, 0.4) is 0 Å². The van der Waals surface area contributed by atoms with Gasteiger partial charge in [-0.3, -0.25) is 4.90 Å². The number of hydrogen-bond acceptors (Lipinski definition) is 3. The van der Waals surface area contributed by atoms with Gasteiger partial charge in [0.2, 0.25) is 5.95 Å². The van der Waals surface area contributed by atoms with Crippen LogP contribution in [0.1, 0.15) is 26.3 Å². The Bertz CT molecular complexity index is 389. The van der Waals surface area contributed by atoms with Crippen LogP contribution in [0.4, 0.5) is 4.39 Å². The zero-order chi connectivity index (χ0) is 13.9. The lowest BCUT2D eigenvalue weighted by Crippen LogP contribution is -2.53. The van der Waals surface area contributed by atoms with E-state index in [1.807, 2.05) is 6.07 Å². The fourth-order valence-corrected chi connectivity index (χ4v) is 2.48. The maximum Gasteiger partial charge on any atom is 0.212 e. The Hall–Kier alpha value is -1.00.